The highest BCUT2D eigenvalue weighted by atomic mass is 19.4. The molecule has 0 aromatic carbocycles. The van der Waals surface area contributed by atoms with Crippen LogP contribution in [0.2, 0.25) is 0 Å². The number of hydrogen-bond acceptors (Lipinski definition) is 1. The Balaban J connectivity index is 2.14. The molecular weight excluding hydrogens is 203 g/mol. The van der Waals surface area contributed by atoms with Gasteiger partial charge in [0.1, 0.15) is 0 Å². The Morgan fingerprint density at radius 2 is 1.73 bits per heavy atom. The van der Waals surface area contributed by atoms with E-state index in [1.807, 2.05) is 0 Å². The second-order valence-electron chi connectivity index (χ2n) is 4.65. The molecule has 1 saturated carbocycles. The van der Waals surface area contributed by atoms with Crippen molar-refractivity contribution in [3.63, 3.8) is 0 Å². The second kappa shape index (κ2) is 5.73. The van der Waals surface area contributed by atoms with Gasteiger partial charge in [0.25, 0.3) is 0 Å². The van der Waals surface area contributed by atoms with Crippen LogP contribution in [0.15, 0.2) is 0 Å². The van der Waals surface area contributed by atoms with Crippen molar-refractivity contribution in [3.05, 3.63) is 0 Å². The molecule has 0 bridgehead atoms. The zero-order valence-corrected chi connectivity index (χ0v) is 9.02. The fourth-order valence-electron chi connectivity index (χ4n) is 2.32. The zero-order chi connectivity index (χ0) is 11.3. The van der Waals surface area contributed by atoms with Gasteiger partial charge < -0.3 is 5.73 Å². The largest absolute Gasteiger partial charge is 0.389 e. The molecule has 4 heteroatoms. The van der Waals surface area contributed by atoms with E-state index >= 15 is 0 Å². The van der Waals surface area contributed by atoms with Crippen molar-refractivity contribution in [3.8, 4) is 0 Å². The molecule has 1 fully saturated rings. The molecule has 0 aliphatic heterocycles. The Morgan fingerprint density at radius 3 is 2.27 bits per heavy atom. The summed E-state index contributed by atoms with van der Waals surface area (Å²) in [6.07, 6.45) is 2.09. The van der Waals surface area contributed by atoms with Crippen LogP contribution >= 0.6 is 0 Å². The first kappa shape index (κ1) is 12.8. The first-order chi connectivity index (χ1) is 6.97. The predicted molar refractivity (Wildman–Crippen MR) is 54.5 cm³/mol. The van der Waals surface area contributed by atoms with Crippen molar-refractivity contribution in [2.24, 2.45) is 11.7 Å². The lowest BCUT2D eigenvalue weighted by Gasteiger charge is -2.24. The molecule has 1 nitrogen and oxygen atoms in total. The second-order valence-corrected chi connectivity index (χ2v) is 4.65. The third kappa shape index (κ3) is 6.03. The standard InChI is InChI=1S/C11H20F3N/c12-11(13,14)7-6-10(15)8-9-4-2-1-3-5-9/h9-10H,1-8,15H2. The van der Waals surface area contributed by atoms with Gasteiger partial charge in [0, 0.05) is 12.5 Å². The van der Waals surface area contributed by atoms with Gasteiger partial charge in [0.2, 0.25) is 0 Å². The lowest BCUT2D eigenvalue weighted by atomic mass is 9.84. The number of nitrogens with two attached hydrogens (primary N) is 1. The molecule has 0 saturated heterocycles. The number of rotatable bonds is 4. The Bertz CT molecular complexity index is 173. The normalized spacial score (nSPS) is 21.6. The number of halogens is 3. The maximum atomic E-state index is 11.9. The summed E-state index contributed by atoms with van der Waals surface area (Å²) in [5.74, 6) is 0.571. The van der Waals surface area contributed by atoms with E-state index in [0.717, 1.165) is 19.3 Å². The summed E-state index contributed by atoms with van der Waals surface area (Å²) in [6, 6.07) is -0.269. The lowest BCUT2D eigenvalue weighted by Crippen LogP contribution is -2.26. The highest BCUT2D eigenvalue weighted by Crippen LogP contribution is 2.29. The topological polar surface area (TPSA) is 26.0 Å². The molecule has 0 aromatic rings. The summed E-state index contributed by atoms with van der Waals surface area (Å²) in [4.78, 5) is 0. The van der Waals surface area contributed by atoms with E-state index in [1.54, 1.807) is 0 Å². The van der Waals surface area contributed by atoms with Gasteiger partial charge in [-0.15, -0.1) is 0 Å². The van der Waals surface area contributed by atoms with E-state index in [2.05, 4.69) is 0 Å². The molecule has 90 valence electrons. The highest BCUT2D eigenvalue weighted by Gasteiger charge is 2.28. The minimum Gasteiger partial charge on any atom is -0.328 e. The molecule has 1 aliphatic carbocycles. The van der Waals surface area contributed by atoms with Crippen LogP contribution in [0.4, 0.5) is 13.2 Å². The summed E-state index contributed by atoms with van der Waals surface area (Å²) in [6.45, 7) is 0. The minimum absolute atomic E-state index is 0.0833. The molecule has 0 heterocycles. The summed E-state index contributed by atoms with van der Waals surface area (Å²) >= 11 is 0. The van der Waals surface area contributed by atoms with E-state index in [-0.39, 0.29) is 12.5 Å². The molecule has 15 heavy (non-hydrogen) atoms. The Kier molecular flexibility index (Phi) is 4.90. The number of hydrogen-bond donors (Lipinski definition) is 1. The van der Waals surface area contributed by atoms with E-state index in [9.17, 15) is 13.2 Å². The molecule has 0 amide bonds. The quantitative estimate of drug-likeness (QED) is 0.773. The molecule has 1 atom stereocenters. The van der Waals surface area contributed by atoms with E-state index < -0.39 is 12.6 Å². The van der Waals surface area contributed by atoms with Crippen LogP contribution < -0.4 is 5.73 Å². The van der Waals surface area contributed by atoms with Crippen LogP contribution in [0.3, 0.4) is 0 Å². The Hall–Kier alpha value is -0.250. The van der Waals surface area contributed by atoms with E-state index in [4.69, 9.17) is 5.73 Å². The highest BCUT2D eigenvalue weighted by molar-refractivity contribution is 4.73. The van der Waals surface area contributed by atoms with Crippen molar-refractivity contribution < 1.29 is 13.2 Å². The third-order valence-electron chi connectivity index (χ3n) is 3.16. The molecular formula is C11H20F3N. The van der Waals surface area contributed by atoms with Gasteiger partial charge in [-0.2, -0.15) is 13.2 Å². The molecule has 1 unspecified atom stereocenters. The van der Waals surface area contributed by atoms with Gasteiger partial charge in [-0.1, -0.05) is 32.1 Å². The Morgan fingerprint density at radius 1 is 1.13 bits per heavy atom. The summed E-state index contributed by atoms with van der Waals surface area (Å²) in [7, 11) is 0. The maximum absolute atomic E-state index is 11.9. The summed E-state index contributed by atoms with van der Waals surface area (Å²) < 4.78 is 35.8. The smallest absolute Gasteiger partial charge is 0.328 e. The molecule has 0 radical (unpaired) electrons. The molecule has 0 spiro atoms. The van der Waals surface area contributed by atoms with Crippen molar-refractivity contribution in [1.29, 1.82) is 0 Å². The monoisotopic (exact) mass is 223 g/mol. The average molecular weight is 223 g/mol. The molecule has 1 aliphatic rings. The van der Waals surface area contributed by atoms with Crippen molar-refractivity contribution in [2.45, 2.75) is 63.6 Å². The summed E-state index contributed by atoms with van der Waals surface area (Å²) in [5, 5.41) is 0. The maximum Gasteiger partial charge on any atom is 0.389 e. The van der Waals surface area contributed by atoms with E-state index in [0.29, 0.717) is 5.92 Å². The van der Waals surface area contributed by atoms with Crippen molar-refractivity contribution in [2.75, 3.05) is 0 Å². The first-order valence-electron chi connectivity index (χ1n) is 5.80. The van der Waals surface area contributed by atoms with Gasteiger partial charge in [-0.3, -0.25) is 0 Å². The third-order valence-corrected chi connectivity index (χ3v) is 3.16. The van der Waals surface area contributed by atoms with Crippen LogP contribution in [0, 0.1) is 5.92 Å². The number of alkyl halides is 3. The van der Waals surface area contributed by atoms with Crippen LogP contribution in [0.5, 0.6) is 0 Å². The van der Waals surface area contributed by atoms with Crippen LogP contribution in [0.1, 0.15) is 51.4 Å². The van der Waals surface area contributed by atoms with Crippen LogP contribution in [0.25, 0.3) is 0 Å². The minimum atomic E-state index is -4.05. The van der Waals surface area contributed by atoms with Crippen LogP contribution in [-0.4, -0.2) is 12.2 Å². The summed E-state index contributed by atoms with van der Waals surface area (Å²) in [5.41, 5.74) is 5.71. The molecule has 2 N–H and O–H groups in total. The fourth-order valence-corrected chi connectivity index (χ4v) is 2.32. The van der Waals surface area contributed by atoms with Gasteiger partial charge in [-0.25, -0.2) is 0 Å². The lowest BCUT2D eigenvalue weighted by molar-refractivity contribution is -0.136. The molecule has 1 rings (SSSR count). The van der Waals surface area contributed by atoms with Crippen molar-refractivity contribution in [1.82, 2.24) is 0 Å². The van der Waals surface area contributed by atoms with Gasteiger partial charge in [-0.05, 0) is 18.8 Å². The van der Waals surface area contributed by atoms with E-state index in [1.165, 1.54) is 19.3 Å². The Labute approximate surface area is 89.2 Å². The molecule has 0 aromatic heterocycles. The van der Waals surface area contributed by atoms with Gasteiger partial charge in [0.05, 0.1) is 0 Å². The van der Waals surface area contributed by atoms with Gasteiger partial charge in [0.15, 0.2) is 0 Å². The van der Waals surface area contributed by atoms with Crippen LogP contribution in [-0.2, 0) is 0 Å². The van der Waals surface area contributed by atoms with Crippen molar-refractivity contribution >= 4 is 0 Å². The predicted octanol–water partition coefficient (Wildman–Crippen LogP) is 3.63. The SMILES string of the molecule is NC(CCC(F)(F)F)CC1CCCCC1. The first-order valence-corrected chi connectivity index (χ1v) is 5.80. The zero-order valence-electron chi connectivity index (χ0n) is 9.02. The van der Waals surface area contributed by atoms with Gasteiger partial charge >= 0.3 is 6.18 Å². The fraction of sp³-hybridized carbons (Fsp3) is 1.00. The average Bonchev–Trinajstić information content (AvgIpc) is 2.15.